The molecule has 0 aliphatic carbocycles. The van der Waals surface area contributed by atoms with Crippen molar-refractivity contribution in [3.05, 3.63) is 59.9 Å². The number of anilines is 1. The average Bonchev–Trinajstić information content (AvgIpc) is 3.52. The lowest BCUT2D eigenvalue weighted by Crippen LogP contribution is -2.33. The minimum atomic E-state index is -0.180. The van der Waals surface area contributed by atoms with Gasteiger partial charge in [-0.25, -0.2) is 14.8 Å². The number of carbonyl (C=O) groups is 1. The molecule has 1 aliphatic heterocycles. The number of ether oxygens (including phenoxy) is 1. The molecule has 158 valence electrons. The fourth-order valence-corrected chi connectivity index (χ4v) is 4.20. The molecule has 3 aromatic heterocycles. The average molecular weight is 438 g/mol. The molecule has 0 bridgehead atoms. The van der Waals surface area contributed by atoms with E-state index < -0.39 is 0 Å². The summed E-state index contributed by atoms with van der Waals surface area (Å²) in [5, 5.41) is 3.35. The molecular formula is C22H20ClN5O3. The van der Waals surface area contributed by atoms with Crippen molar-refractivity contribution in [1.82, 2.24) is 19.4 Å². The molecule has 1 N–H and O–H groups in total. The quantitative estimate of drug-likeness (QED) is 0.494. The van der Waals surface area contributed by atoms with Gasteiger partial charge in [0.2, 0.25) is 0 Å². The van der Waals surface area contributed by atoms with Gasteiger partial charge in [0.15, 0.2) is 17.2 Å². The first-order chi connectivity index (χ1) is 15.1. The molecule has 1 atom stereocenters. The van der Waals surface area contributed by atoms with E-state index in [1.807, 2.05) is 24.3 Å². The summed E-state index contributed by atoms with van der Waals surface area (Å²) < 4.78 is 12.8. The Morgan fingerprint density at radius 3 is 2.97 bits per heavy atom. The fourth-order valence-electron chi connectivity index (χ4n) is 3.94. The number of nitrogens with one attached hydrogen (secondary N) is 1. The van der Waals surface area contributed by atoms with Crippen LogP contribution in [0.15, 0.2) is 59.3 Å². The zero-order valence-electron chi connectivity index (χ0n) is 16.8. The Hall–Kier alpha value is -3.52. The largest absolute Gasteiger partial charge is 0.495 e. The lowest BCUT2D eigenvalue weighted by molar-refractivity contribution is 0.221. The summed E-state index contributed by atoms with van der Waals surface area (Å²) in [5.74, 6) is 1.95. The number of likely N-dealkylation sites (tertiary alicyclic amines) is 1. The summed E-state index contributed by atoms with van der Waals surface area (Å²) in [6.07, 6.45) is 4.16. The first-order valence-corrected chi connectivity index (χ1v) is 10.3. The molecule has 0 saturated carbocycles. The molecular weight excluding hydrogens is 418 g/mol. The van der Waals surface area contributed by atoms with Crippen LogP contribution < -0.4 is 10.1 Å². The highest BCUT2D eigenvalue weighted by Crippen LogP contribution is 2.33. The number of hydrogen-bond acceptors (Lipinski definition) is 5. The van der Waals surface area contributed by atoms with E-state index in [4.69, 9.17) is 25.7 Å². The number of fused-ring (bicyclic) bond motifs is 1. The number of amides is 2. The van der Waals surface area contributed by atoms with Crippen molar-refractivity contribution in [2.75, 3.05) is 25.5 Å². The summed E-state index contributed by atoms with van der Waals surface area (Å²) in [6, 6.07) is 12.5. The van der Waals surface area contributed by atoms with Gasteiger partial charge >= 0.3 is 6.03 Å². The standard InChI is InChI=1S/C22H20ClN5O3/c1-30-18-7-6-14(12-16(18)23)25-22(29)27-10-8-15(13-27)28-20-17(4-2-9-24-20)26-21(28)19-5-3-11-31-19/h2-7,9,11-12,15H,8,10,13H2,1H3,(H,25,29). The van der Waals surface area contributed by atoms with Crippen molar-refractivity contribution < 1.29 is 13.9 Å². The van der Waals surface area contributed by atoms with Gasteiger partial charge in [-0.15, -0.1) is 0 Å². The minimum Gasteiger partial charge on any atom is -0.495 e. The van der Waals surface area contributed by atoms with E-state index in [0.29, 0.717) is 41.1 Å². The predicted molar refractivity (Wildman–Crippen MR) is 117 cm³/mol. The smallest absolute Gasteiger partial charge is 0.321 e. The van der Waals surface area contributed by atoms with Crippen molar-refractivity contribution in [3.8, 4) is 17.3 Å². The van der Waals surface area contributed by atoms with Crippen LogP contribution in [0.5, 0.6) is 5.75 Å². The number of halogens is 1. The Morgan fingerprint density at radius 1 is 1.29 bits per heavy atom. The Labute approximate surface area is 183 Å². The number of nitrogens with zero attached hydrogens (tertiary/aromatic N) is 4. The maximum Gasteiger partial charge on any atom is 0.321 e. The maximum absolute atomic E-state index is 12.9. The Bertz CT molecular complexity index is 1240. The van der Waals surface area contributed by atoms with Crippen LogP contribution in [0.3, 0.4) is 0 Å². The van der Waals surface area contributed by atoms with Crippen LogP contribution in [0.2, 0.25) is 5.02 Å². The molecule has 8 nitrogen and oxygen atoms in total. The molecule has 1 saturated heterocycles. The first-order valence-electron chi connectivity index (χ1n) is 9.90. The second kappa shape index (κ2) is 7.96. The van der Waals surface area contributed by atoms with Gasteiger partial charge in [0.1, 0.15) is 11.3 Å². The SMILES string of the molecule is COc1ccc(NC(=O)N2CCC(n3c(-c4ccco4)nc4cccnc43)C2)cc1Cl. The number of hydrogen-bond donors (Lipinski definition) is 1. The van der Waals surface area contributed by atoms with Crippen LogP contribution in [-0.4, -0.2) is 45.7 Å². The number of rotatable bonds is 4. The molecule has 0 spiro atoms. The second-order valence-electron chi connectivity index (χ2n) is 7.30. The number of carbonyl (C=O) groups excluding carboxylic acids is 1. The van der Waals surface area contributed by atoms with E-state index in [-0.39, 0.29) is 12.1 Å². The van der Waals surface area contributed by atoms with Crippen LogP contribution in [-0.2, 0) is 0 Å². The van der Waals surface area contributed by atoms with E-state index in [2.05, 4.69) is 14.9 Å². The Kier molecular flexibility index (Phi) is 4.99. The summed E-state index contributed by atoms with van der Waals surface area (Å²) in [6.45, 7) is 1.15. The number of methoxy groups -OCH3 is 1. The third-order valence-electron chi connectivity index (χ3n) is 5.41. The van der Waals surface area contributed by atoms with Gasteiger partial charge < -0.3 is 23.9 Å². The van der Waals surface area contributed by atoms with Crippen LogP contribution in [0.1, 0.15) is 12.5 Å². The zero-order valence-corrected chi connectivity index (χ0v) is 17.5. The fraction of sp³-hybridized carbons (Fsp3) is 0.227. The zero-order chi connectivity index (χ0) is 21.4. The van der Waals surface area contributed by atoms with Crippen molar-refractivity contribution in [2.45, 2.75) is 12.5 Å². The van der Waals surface area contributed by atoms with Crippen molar-refractivity contribution >= 4 is 34.5 Å². The number of furan rings is 1. The molecule has 5 rings (SSSR count). The number of imidazole rings is 1. The molecule has 1 unspecified atom stereocenters. The normalized spacial score (nSPS) is 16.1. The molecule has 4 heterocycles. The number of pyridine rings is 1. The van der Waals surface area contributed by atoms with E-state index in [1.165, 1.54) is 0 Å². The monoisotopic (exact) mass is 437 g/mol. The van der Waals surface area contributed by atoms with Crippen LogP contribution in [0.25, 0.3) is 22.7 Å². The first kappa shape index (κ1) is 19.4. The lowest BCUT2D eigenvalue weighted by Gasteiger charge is -2.19. The lowest BCUT2D eigenvalue weighted by atomic mass is 10.2. The van der Waals surface area contributed by atoms with E-state index in [1.54, 1.807) is 42.7 Å². The Balaban J connectivity index is 1.38. The third kappa shape index (κ3) is 3.59. The van der Waals surface area contributed by atoms with Gasteiger partial charge in [0.25, 0.3) is 0 Å². The molecule has 2 amide bonds. The maximum atomic E-state index is 12.9. The highest BCUT2D eigenvalue weighted by molar-refractivity contribution is 6.32. The van der Waals surface area contributed by atoms with Gasteiger partial charge in [-0.1, -0.05) is 11.6 Å². The topological polar surface area (TPSA) is 85.4 Å². The number of benzene rings is 1. The molecule has 9 heteroatoms. The number of urea groups is 1. The highest BCUT2D eigenvalue weighted by Gasteiger charge is 2.31. The van der Waals surface area contributed by atoms with Crippen LogP contribution in [0, 0.1) is 0 Å². The molecule has 0 radical (unpaired) electrons. The minimum absolute atomic E-state index is 0.0326. The van der Waals surface area contributed by atoms with Gasteiger partial charge in [0, 0.05) is 25.0 Å². The molecule has 4 aromatic rings. The van der Waals surface area contributed by atoms with Gasteiger partial charge in [-0.3, -0.25) is 0 Å². The second-order valence-corrected chi connectivity index (χ2v) is 7.70. The molecule has 1 aliphatic rings. The molecule has 1 fully saturated rings. The predicted octanol–water partition coefficient (Wildman–Crippen LogP) is 4.83. The van der Waals surface area contributed by atoms with E-state index >= 15 is 0 Å². The van der Waals surface area contributed by atoms with Crippen LogP contribution in [0.4, 0.5) is 10.5 Å². The van der Waals surface area contributed by atoms with Crippen molar-refractivity contribution in [1.29, 1.82) is 0 Å². The van der Waals surface area contributed by atoms with Gasteiger partial charge in [0.05, 0.1) is 24.4 Å². The summed E-state index contributed by atoms with van der Waals surface area (Å²) in [4.78, 5) is 23.9. The summed E-state index contributed by atoms with van der Waals surface area (Å²) in [7, 11) is 1.55. The van der Waals surface area contributed by atoms with E-state index in [9.17, 15) is 4.79 Å². The molecule has 31 heavy (non-hydrogen) atoms. The molecule has 1 aromatic carbocycles. The highest BCUT2D eigenvalue weighted by atomic mass is 35.5. The van der Waals surface area contributed by atoms with Crippen molar-refractivity contribution in [3.63, 3.8) is 0 Å². The van der Waals surface area contributed by atoms with Crippen LogP contribution >= 0.6 is 11.6 Å². The third-order valence-corrected chi connectivity index (χ3v) is 5.70. The summed E-state index contributed by atoms with van der Waals surface area (Å²) >= 11 is 6.17. The van der Waals surface area contributed by atoms with Crippen molar-refractivity contribution in [2.24, 2.45) is 0 Å². The van der Waals surface area contributed by atoms with E-state index in [0.717, 1.165) is 17.6 Å². The van der Waals surface area contributed by atoms with Gasteiger partial charge in [-0.05, 0) is 48.9 Å². The van der Waals surface area contributed by atoms with Gasteiger partial charge in [-0.2, -0.15) is 0 Å². The number of aromatic nitrogens is 3. The summed E-state index contributed by atoms with van der Waals surface area (Å²) in [5.41, 5.74) is 2.19. The Morgan fingerprint density at radius 2 is 2.19 bits per heavy atom.